The minimum atomic E-state index is 0.163. The molecule has 1 atom stereocenters. The van der Waals surface area contributed by atoms with E-state index in [0.29, 0.717) is 5.92 Å². The van der Waals surface area contributed by atoms with Crippen LogP contribution in [0.5, 0.6) is 0 Å². The number of amides is 1. The summed E-state index contributed by atoms with van der Waals surface area (Å²) < 4.78 is 0.974. The summed E-state index contributed by atoms with van der Waals surface area (Å²) >= 11 is 6.92. The van der Waals surface area contributed by atoms with E-state index in [1.54, 1.807) is 0 Å². The first-order chi connectivity index (χ1) is 8.60. The van der Waals surface area contributed by atoms with Crippen LogP contribution < -0.4 is 0 Å². The third-order valence-electron chi connectivity index (χ3n) is 3.38. The maximum absolute atomic E-state index is 12.4. The first-order valence-corrected chi connectivity index (χ1v) is 8.14. The van der Waals surface area contributed by atoms with Crippen LogP contribution in [0.4, 0.5) is 0 Å². The molecule has 4 heteroatoms. The fourth-order valence-electron chi connectivity index (χ4n) is 2.45. The molecular formula is C14H17Br2NO. The number of hydrogen-bond donors (Lipinski definition) is 0. The molecule has 1 fully saturated rings. The van der Waals surface area contributed by atoms with Crippen molar-refractivity contribution in [1.82, 2.24) is 4.90 Å². The van der Waals surface area contributed by atoms with Gasteiger partial charge in [0, 0.05) is 28.5 Å². The Kier molecular flexibility index (Phi) is 4.84. The lowest BCUT2D eigenvalue weighted by molar-refractivity contribution is 0.0787. The maximum Gasteiger partial charge on any atom is 0.253 e. The predicted molar refractivity (Wildman–Crippen MR) is 81.3 cm³/mol. The summed E-state index contributed by atoms with van der Waals surface area (Å²) in [5.74, 6) is 0.818. The van der Waals surface area contributed by atoms with Gasteiger partial charge in [0.05, 0.1) is 0 Å². The van der Waals surface area contributed by atoms with Crippen LogP contribution in [0, 0.1) is 12.8 Å². The molecule has 0 aromatic heterocycles. The van der Waals surface area contributed by atoms with Crippen molar-refractivity contribution in [2.45, 2.75) is 19.8 Å². The highest BCUT2D eigenvalue weighted by Crippen LogP contribution is 2.23. The summed E-state index contributed by atoms with van der Waals surface area (Å²) in [6.45, 7) is 3.80. The van der Waals surface area contributed by atoms with E-state index in [-0.39, 0.29) is 5.91 Å². The minimum Gasteiger partial charge on any atom is -0.338 e. The first kappa shape index (κ1) is 14.1. The molecule has 0 spiro atoms. The zero-order valence-electron chi connectivity index (χ0n) is 10.5. The molecule has 0 N–H and O–H groups in total. The van der Waals surface area contributed by atoms with Gasteiger partial charge >= 0.3 is 0 Å². The highest BCUT2D eigenvalue weighted by Gasteiger charge is 2.26. The number of hydrogen-bond acceptors (Lipinski definition) is 1. The van der Waals surface area contributed by atoms with E-state index in [1.165, 1.54) is 0 Å². The average molecular weight is 375 g/mol. The SMILES string of the molecule is Cc1cc(Br)cc(C(=O)N2CCC(CCBr)C2)c1. The van der Waals surface area contributed by atoms with Gasteiger partial charge in [-0.2, -0.15) is 0 Å². The van der Waals surface area contributed by atoms with E-state index in [4.69, 9.17) is 0 Å². The second-order valence-corrected chi connectivity index (χ2v) is 6.61. The van der Waals surface area contributed by atoms with E-state index in [0.717, 1.165) is 46.9 Å². The van der Waals surface area contributed by atoms with E-state index in [9.17, 15) is 4.79 Å². The van der Waals surface area contributed by atoms with Crippen LogP contribution in [0.15, 0.2) is 22.7 Å². The van der Waals surface area contributed by atoms with Crippen LogP contribution in [0.2, 0.25) is 0 Å². The van der Waals surface area contributed by atoms with Gasteiger partial charge in [0.25, 0.3) is 5.91 Å². The Labute approximate surface area is 125 Å². The molecular weight excluding hydrogens is 358 g/mol. The fourth-order valence-corrected chi connectivity index (χ4v) is 3.70. The number of alkyl halides is 1. The lowest BCUT2D eigenvalue weighted by Crippen LogP contribution is -2.28. The molecule has 2 rings (SSSR count). The smallest absolute Gasteiger partial charge is 0.253 e. The topological polar surface area (TPSA) is 20.3 Å². The molecule has 18 heavy (non-hydrogen) atoms. The van der Waals surface area contributed by atoms with Crippen LogP contribution in [0.3, 0.4) is 0 Å². The lowest BCUT2D eigenvalue weighted by Gasteiger charge is -2.17. The molecule has 1 unspecified atom stereocenters. The van der Waals surface area contributed by atoms with Crippen molar-refractivity contribution in [2.24, 2.45) is 5.92 Å². The van der Waals surface area contributed by atoms with Gasteiger partial charge in [-0.05, 0) is 49.4 Å². The number of likely N-dealkylation sites (tertiary alicyclic amines) is 1. The van der Waals surface area contributed by atoms with Crippen molar-refractivity contribution in [3.63, 3.8) is 0 Å². The van der Waals surface area contributed by atoms with Gasteiger partial charge in [0.2, 0.25) is 0 Å². The van der Waals surface area contributed by atoms with E-state index >= 15 is 0 Å². The molecule has 0 aliphatic carbocycles. The molecule has 1 heterocycles. The zero-order chi connectivity index (χ0) is 13.1. The lowest BCUT2D eigenvalue weighted by atomic mass is 10.1. The van der Waals surface area contributed by atoms with Crippen molar-refractivity contribution in [3.05, 3.63) is 33.8 Å². The van der Waals surface area contributed by atoms with Crippen LogP contribution in [0.1, 0.15) is 28.8 Å². The Morgan fingerprint density at radius 2 is 2.22 bits per heavy atom. The summed E-state index contributed by atoms with van der Waals surface area (Å²) in [6.07, 6.45) is 2.28. The maximum atomic E-state index is 12.4. The number of aryl methyl sites for hydroxylation is 1. The van der Waals surface area contributed by atoms with Gasteiger partial charge in [-0.3, -0.25) is 4.79 Å². The zero-order valence-corrected chi connectivity index (χ0v) is 13.6. The number of nitrogens with zero attached hydrogens (tertiary/aromatic N) is 1. The molecule has 98 valence electrons. The van der Waals surface area contributed by atoms with Gasteiger partial charge in [-0.25, -0.2) is 0 Å². The van der Waals surface area contributed by atoms with Crippen molar-refractivity contribution in [2.75, 3.05) is 18.4 Å². The van der Waals surface area contributed by atoms with Gasteiger partial charge in [-0.1, -0.05) is 31.9 Å². The minimum absolute atomic E-state index is 0.163. The van der Waals surface area contributed by atoms with Crippen molar-refractivity contribution < 1.29 is 4.79 Å². The van der Waals surface area contributed by atoms with Gasteiger partial charge < -0.3 is 4.90 Å². The largest absolute Gasteiger partial charge is 0.338 e. The highest BCUT2D eigenvalue weighted by atomic mass is 79.9. The van der Waals surface area contributed by atoms with Gasteiger partial charge in [0.1, 0.15) is 0 Å². The molecule has 1 aliphatic heterocycles. The normalized spacial score (nSPS) is 19.3. The first-order valence-electron chi connectivity index (χ1n) is 6.22. The molecule has 1 aromatic carbocycles. The molecule has 1 aliphatic rings. The van der Waals surface area contributed by atoms with Crippen LogP contribution in [-0.4, -0.2) is 29.2 Å². The van der Waals surface area contributed by atoms with Crippen molar-refractivity contribution in [1.29, 1.82) is 0 Å². The van der Waals surface area contributed by atoms with Crippen molar-refractivity contribution >= 4 is 37.8 Å². The number of carbonyl (C=O) groups is 1. The molecule has 0 bridgehead atoms. The Morgan fingerprint density at radius 3 is 2.89 bits per heavy atom. The Morgan fingerprint density at radius 1 is 1.44 bits per heavy atom. The summed E-state index contributed by atoms with van der Waals surface area (Å²) in [4.78, 5) is 14.4. The van der Waals surface area contributed by atoms with E-state index in [2.05, 4.69) is 31.9 Å². The monoisotopic (exact) mass is 373 g/mol. The summed E-state index contributed by atoms with van der Waals surface area (Å²) in [5, 5.41) is 1.02. The standard InChI is InChI=1S/C14H17Br2NO/c1-10-6-12(8-13(16)7-10)14(18)17-5-3-11(9-17)2-4-15/h6-8,11H,2-5,9H2,1H3. The quantitative estimate of drug-likeness (QED) is 0.732. The number of benzene rings is 1. The molecule has 1 aromatic rings. The van der Waals surface area contributed by atoms with E-state index in [1.807, 2.05) is 30.0 Å². The summed E-state index contributed by atoms with van der Waals surface area (Å²) in [5.41, 5.74) is 1.91. The molecule has 0 saturated carbocycles. The highest BCUT2D eigenvalue weighted by molar-refractivity contribution is 9.10. The summed E-state index contributed by atoms with van der Waals surface area (Å²) in [7, 11) is 0. The molecule has 0 radical (unpaired) electrons. The number of halogens is 2. The van der Waals surface area contributed by atoms with Crippen LogP contribution in [0.25, 0.3) is 0 Å². The second-order valence-electron chi connectivity index (χ2n) is 4.90. The molecule has 1 saturated heterocycles. The Bertz CT molecular complexity index is 427. The van der Waals surface area contributed by atoms with Crippen LogP contribution >= 0.6 is 31.9 Å². The summed E-state index contributed by atoms with van der Waals surface area (Å²) in [6, 6.07) is 5.90. The molecule has 1 amide bonds. The average Bonchev–Trinajstić information content (AvgIpc) is 2.76. The van der Waals surface area contributed by atoms with Crippen LogP contribution in [-0.2, 0) is 0 Å². The third-order valence-corrected chi connectivity index (χ3v) is 4.30. The van der Waals surface area contributed by atoms with Gasteiger partial charge in [-0.15, -0.1) is 0 Å². The Balaban J connectivity index is 2.08. The predicted octanol–water partition coefficient (Wildman–Crippen LogP) is 4.00. The number of carbonyl (C=O) groups excluding carboxylic acids is 1. The number of rotatable bonds is 3. The fraction of sp³-hybridized carbons (Fsp3) is 0.500. The second kappa shape index (κ2) is 6.20. The van der Waals surface area contributed by atoms with Gasteiger partial charge in [0.15, 0.2) is 0 Å². The molecule has 2 nitrogen and oxygen atoms in total. The third kappa shape index (κ3) is 3.35. The van der Waals surface area contributed by atoms with E-state index < -0.39 is 0 Å². The van der Waals surface area contributed by atoms with Crippen molar-refractivity contribution in [3.8, 4) is 0 Å². The Hall–Kier alpha value is -0.350.